The fraction of sp³-hybridized carbons (Fsp3) is 0.833. The van der Waals surface area contributed by atoms with Crippen LogP contribution in [-0.2, 0) is 0 Å². The maximum Gasteiger partial charge on any atom is -0.00866 e. The molecule has 2 rings (SSSR count). The molecule has 1 aliphatic carbocycles. The molecule has 1 heterocycles. The summed E-state index contributed by atoms with van der Waals surface area (Å²) in [5, 5.41) is 1.80. The Kier molecular flexibility index (Phi) is 5.70. The fourth-order valence-electron chi connectivity index (χ4n) is 2.51. The molecular weight excluding hydrogens is 237 g/mol. The van der Waals surface area contributed by atoms with E-state index in [9.17, 15) is 0 Å². The lowest BCUT2D eigenvalue weighted by atomic mass is 9.92. The Morgan fingerprint density at radius 2 is 1.53 bits per heavy atom. The summed E-state index contributed by atoms with van der Waals surface area (Å²) in [5.74, 6) is 3.49. The molecule has 0 aliphatic heterocycles. The summed E-state index contributed by atoms with van der Waals surface area (Å²) in [7, 11) is 4.44. The van der Waals surface area contributed by atoms with Gasteiger partial charge in [0.25, 0.3) is 0 Å². The maximum atomic E-state index is 2.52. The van der Waals surface area contributed by atoms with Gasteiger partial charge in [0.15, 0.2) is 0 Å². The Morgan fingerprint density at radius 3 is 2.07 bits per heavy atom. The summed E-state index contributed by atoms with van der Waals surface area (Å²) in [4.78, 5) is 0. The van der Waals surface area contributed by atoms with Crippen molar-refractivity contribution in [3.8, 4) is 0 Å². The maximum absolute atomic E-state index is 2.52. The van der Waals surface area contributed by atoms with Crippen molar-refractivity contribution < 1.29 is 0 Å². The van der Waals surface area contributed by atoms with Crippen LogP contribution in [0.15, 0.2) is 5.80 Å². The van der Waals surface area contributed by atoms with Crippen molar-refractivity contribution >= 4 is 23.3 Å². The van der Waals surface area contributed by atoms with Crippen molar-refractivity contribution in [1.82, 2.24) is 0 Å². The predicted octanol–water partition coefficient (Wildman–Crippen LogP) is 6.49. The van der Waals surface area contributed by atoms with Gasteiger partial charge in [0.05, 0.1) is 0 Å². The van der Waals surface area contributed by atoms with Gasteiger partial charge in [-0.3, -0.25) is 0 Å². The predicted molar refractivity (Wildman–Crippen MR) is 75.3 cm³/mol. The molecule has 0 N–H and O–H groups in total. The van der Waals surface area contributed by atoms with Crippen molar-refractivity contribution in [3.63, 3.8) is 0 Å². The number of rotatable bonds is 1. The Bertz CT molecular complexity index is 246. The molecule has 0 nitrogen and oxygen atoms in total. The van der Waals surface area contributed by atoms with Gasteiger partial charge in [-0.25, -0.2) is 0 Å². The van der Waals surface area contributed by atoms with Crippen molar-refractivity contribution in [2.45, 2.75) is 63.7 Å². The summed E-state index contributed by atoms with van der Waals surface area (Å²) in [6, 6.07) is 0. The molecular formula is C12H21P3. The van der Waals surface area contributed by atoms with Crippen LogP contribution in [0.1, 0.15) is 69.0 Å². The molecule has 15 heavy (non-hydrogen) atoms. The van der Waals surface area contributed by atoms with E-state index in [-0.39, 0.29) is 0 Å². The van der Waals surface area contributed by atoms with E-state index >= 15 is 0 Å². The van der Waals surface area contributed by atoms with Crippen LogP contribution in [0.5, 0.6) is 0 Å². The van der Waals surface area contributed by atoms with E-state index in [1.807, 2.05) is 0 Å². The van der Waals surface area contributed by atoms with Crippen LogP contribution in [0.2, 0.25) is 0 Å². The molecule has 0 bridgehead atoms. The van der Waals surface area contributed by atoms with E-state index in [1.165, 1.54) is 57.8 Å². The third-order valence-electron chi connectivity index (χ3n) is 3.46. The second-order valence-corrected chi connectivity index (χ2v) is 9.95. The topological polar surface area (TPSA) is 0 Å². The average molecular weight is 258 g/mol. The van der Waals surface area contributed by atoms with Crippen LogP contribution in [0.4, 0.5) is 0 Å². The van der Waals surface area contributed by atoms with Gasteiger partial charge in [0.1, 0.15) is 0 Å². The highest BCUT2D eigenvalue weighted by Crippen LogP contribution is 2.44. The van der Waals surface area contributed by atoms with Crippen LogP contribution in [0.25, 0.3) is 0 Å². The van der Waals surface area contributed by atoms with E-state index in [1.54, 1.807) is 21.0 Å². The van der Waals surface area contributed by atoms with E-state index in [4.69, 9.17) is 0 Å². The highest BCUT2D eigenvalue weighted by Gasteiger charge is 2.12. The van der Waals surface area contributed by atoms with Gasteiger partial charge in [-0.15, -0.1) is 0 Å². The first kappa shape index (κ1) is 12.1. The van der Waals surface area contributed by atoms with E-state index in [0.29, 0.717) is 0 Å². The molecule has 1 unspecified atom stereocenters. The van der Waals surface area contributed by atoms with Gasteiger partial charge < -0.3 is 0 Å². The molecule has 84 valence electrons. The molecule has 0 aromatic carbocycles. The fourth-order valence-corrected chi connectivity index (χ4v) is 8.51. The Morgan fingerprint density at radius 1 is 0.933 bits per heavy atom. The molecule has 1 atom stereocenters. The zero-order valence-corrected chi connectivity index (χ0v) is 12.2. The standard InChI is InChI=1S/C12H21P3/c1-2-4-6-8-11(9-7-5-3-1)12-10-13-15-14-12/h10-11,15H,1-9H2. The van der Waals surface area contributed by atoms with Crippen LogP contribution in [0, 0.1) is 0 Å². The largest absolute Gasteiger partial charge is 0.0815 e. The first-order valence-electron chi connectivity index (χ1n) is 6.32. The van der Waals surface area contributed by atoms with Gasteiger partial charge in [-0.05, 0) is 37.7 Å². The Labute approximate surface area is 98.3 Å². The first-order valence-corrected chi connectivity index (χ1v) is 10.9. The molecule has 0 amide bonds. The zero-order chi connectivity index (χ0) is 10.3. The summed E-state index contributed by atoms with van der Waals surface area (Å²) < 4.78 is 0. The van der Waals surface area contributed by atoms with Gasteiger partial charge in [0.2, 0.25) is 0 Å². The summed E-state index contributed by atoms with van der Waals surface area (Å²) in [6.07, 6.45) is 13.4. The SMILES string of the molecule is c1p[pH]pc1C1CCCCCCCCC1. The molecule has 1 aromatic heterocycles. The van der Waals surface area contributed by atoms with E-state index in [0.717, 1.165) is 13.5 Å². The molecule has 1 saturated carbocycles. The van der Waals surface area contributed by atoms with Crippen molar-refractivity contribution in [3.05, 3.63) is 11.1 Å². The van der Waals surface area contributed by atoms with Crippen molar-refractivity contribution in [1.29, 1.82) is 0 Å². The Hall–Kier alpha value is 0.640. The molecule has 1 aliphatic rings. The summed E-state index contributed by atoms with van der Waals surface area (Å²) in [6.45, 7) is 0. The van der Waals surface area contributed by atoms with Gasteiger partial charge >= 0.3 is 0 Å². The minimum Gasteiger partial charge on any atom is -0.0815 e. The zero-order valence-electron chi connectivity index (χ0n) is 9.41. The lowest BCUT2D eigenvalue weighted by Gasteiger charge is -2.17. The lowest BCUT2D eigenvalue weighted by Crippen LogP contribution is -1.98. The molecule has 0 saturated heterocycles. The van der Waals surface area contributed by atoms with Crippen molar-refractivity contribution in [2.24, 2.45) is 0 Å². The van der Waals surface area contributed by atoms with E-state index < -0.39 is 0 Å². The normalized spacial score (nSPS) is 22.9. The second-order valence-electron chi connectivity index (χ2n) is 4.64. The smallest absolute Gasteiger partial charge is 0.00866 e. The van der Waals surface area contributed by atoms with Crippen LogP contribution in [0.3, 0.4) is 0 Å². The second kappa shape index (κ2) is 7.06. The van der Waals surface area contributed by atoms with Gasteiger partial charge in [-0.1, -0.05) is 60.4 Å². The third kappa shape index (κ3) is 4.19. The van der Waals surface area contributed by atoms with Gasteiger partial charge in [0, 0.05) is 0 Å². The summed E-state index contributed by atoms with van der Waals surface area (Å²) in [5.41, 5.74) is 0. The summed E-state index contributed by atoms with van der Waals surface area (Å²) >= 11 is 0. The van der Waals surface area contributed by atoms with Crippen LogP contribution < -0.4 is 0 Å². The molecule has 0 radical (unpaired) electrons. The monoisotopic (exact) mass is 258 g/mol. The van der Waals surface area contributed by atoms with E-state index in [2.05, 4.69) is 5.80 Å². The number of hydrogen-bond acceptors (Lipinski definition) is 0. The lowest BCUT2D eigenvalue weighted by molar-refractivity contribution is 0.466. The molecule has 1 fully saturated rings. The average Bonchev–Trinajstić information content (AvgIpc) is 2.79. The molecule has 1 aromatic rings. The van der Waals surface area contributed by atoms with Crippen LogP contribution in [-0.4, -0.2) is 0 Å². The van der Waals surface area contributed by atoms with Crippen molar-refractivity contribution in [2.75, 3.05) is 0 Å². The minimum absolute atomic E-state index is 0.965. The quantitative estimate of drug-likeness (QED) is 0.540. The highest BCUT2D eigenvalue weighted by atomic mass is 32.1. The van der Waals surface area contributed by atoms with Gasteiger partial charge in [-0.2, -0.15) is 0 Å². The minimum atomic E-state index is 0.965. The molecule has 3 heteroatoms. The first-order chi connectivity index (χ1) is 7.47. The third-order valence-corrected chi connectivity index (χ3v) is 8.78. The number of hydrogen-bond donors (Lipinski definition) is 0. The Balaban J connectivity index is 1.90. The molecule has 0 spiro atoms. The van der Waals surface area contributed by atoms with Crippen LogP contribution >= 0.6 is 23.3 Å². The highest BCUT2D eigenvalue weighted by molar-refractivity contribution is 8.17.